The summed E-state index contributed by atoms with van der Waals surface area (Å²) in [4.78, 5) is 29.4. The Hall–Kier alpha value is -4.26. The van der Waals surface area contributed by atoms with Crippen LogP contribution in [0.25, 0.3) is 5.82 Å². The molecule has 1 N–H and O–H groups in total. The fraction of sp³-hybridized carbons (Fsp3) is 0.0833. The average molecular weight is 412 g/mol. The van der Waals surface area contributed by atoms with Gasteiger partial charge in [0.1, 0.15) is 11.3 Å². The van der Waals surface area contributed by atoms with Gasteiger partial charge in [-0.25, -0.2) is 14.5 Å². The van der Waals surface area contributed by atoms with Gasteiger partial charge in [0.05, 0.1) is 11.9 Å². The second-order valence-corrected chi connectivity index (χ2v) is 6.83. The number of nitrogens with one attached hydrogen (secondary N) is 1. The summed E-state index contributed by atoms with van der Waals surface area (Å²) in [6.45, 7) is 2.18. The highest BCUT2D eigenvalue weighted by Gasteiger charge is 2.18. The molecular formula is C24H20N4O3. The maximum Gasteiger partial charge on any atom is 0.347 e. The fourth-order valence-electron chi connectivity index (χ4n) is 3.06. The lowest BCUT2D eigenvalue weighted by Crippen LogP contribution is -2.22. The van der Waals surface area contributed by atoms with E-state index in [2.05, 4.69) is 15.4 Å². The van der Waals surface area contributed by atoms with Gasteiger partial charge in [-0.1, -0.05) is 42.5 Å². The van der Waals surface area contributed by atoms with Crippen LogP contribution in [0.5, 0.6) is 5.75 Å². The molecule has 0 bridgehead atoms. The predicted molar refractivity (Wildman–Crippen MR) is 115 cm³/mol. The van der Waals surface area contributed by atoms with Gasteiger partial charge in [-0.05, 0) is 42.8 Å². The summed E-state index contributed by atoms with van der Waals surface area (Å²) < 4.78 is 7.06. The minimum atomic E-state index is -0.554. The third-order valence-electron chi connectivity index (χ3n) is 4.70. The Morgan fingerprint density at radius 1 is 1.00 bits per heavy atom. The molecule has 4 aromatic rings. The smallest absolute Gasteiger partial charge is 0.347 e. The molecule has 7 nitrogen and oxygen atoms in total. The van der Waals surface area contributed by atoms with Crippen molar-refractivity contribution in [3.05, 3.63) is 108 Å². The minimum Gasteiger partial charge on any atom is -0.423 e. The van der Waals surface area contributed by atoms with Crippen LogP contribution in [0.15, 0.2) is 85.2 Å². The number of pyridine rings is 1. The molecule has 0 spiro atoms. The molecule has 0 radical (unpaired) electrons. The first-order chi connectivity index (χ1) is 15.1. The first-order valence-electron chi connectivity index (χ1n) is 9.72. The Morgan fingerprint density at radius 3 is 2.58 bits per heavy atom. The van der Waals surface area contributed by atoms with Gasteiger partial charge in [-0.15, -0.1) is 0 Å². The number of rotatable bonds is 6. The number of ether oxygens (including phenoxy) is 1. The highest BCUT2D eigenvalue weighted by molar-refractivity contribution is 5.95. The highest BCUT2D eigenvalue weighted by atomic mass is 16.5. The number of hydrogen-bond acceptors (Lipinski definition) is 5. The Labute approximate surface area is 179 Å². The summed E-state index contributed by atoms with van der Waals surface area (Å²) in [5.74, 6) is 0.0842. The molecule has 0 atom stereocenters. The molecular weight excluding hydrogens is 392 g/mol. The van der Waals surface area contributed by atoms with E-state index < -0.39 is 5.97 Å². The number of nitrogens with zero attached hydrogens (tertiary/aromatic N) is 3. The zero-order valence-corrected chi connectivity index (χ0v) is 16.9. The number of esters is 1. The van der Waals surface area contributed by atoms with Crippen LogP contribution in [0.2, 0.25) is 0 Å². The number of amides is 1. The lowest BCUT2D eigenvalue weighted by atomic mass is 10.2. The maximum absolute atomic E-state index is 12.7. The quantitative estimate of drug-likeness (QED) is 0.385. The minimum absolute atomic E-state index is 0.249. The molecule has 0 saturated carbocycles. The first-order valence-corrected chi connectivity index (χ1v) is 9.72. The standard InChI is InChI=1S/C24H20N4O3/c1-17-21(16-27-28(17)22-12-5-6-13-25-22)24(30)31-20-11-7-10-19(14-20)23(29)26-15-18-8-3-2-4-9-18/h2-14,16H,15H2,1H3,(H,26,29). The number of benzene rings is 2. The molecule has 154 valence electrons. The van der Waals surface area contributed by atoms with E-state index in [1.54, 1.807) is 48.1 Å². The van der Waals surface area contributed by atoms with Crippen LogP contribution in [0.3, 0.4) is 0 Å². The molecule has 0 aliphatic rings. The summed E-state index contributed by atoms with van der Waals surface area (Å²) in [5, 5.41) is 7.10. The second kappa shape index (κ2) is 9.04. The van der Waals surface area contributed by atoms with E-state index in [9.17, 15) is 9.59 Å². The van der Waals surface area contributed by atoms with E-state index in [0.29, 0.717) is 29.2 Å². The zero-order chi connectivity index (χ0) is 21.6. The van der Waals surface area contributed by atoms with E-state index >= 15 is 0 Å². The molecule has 7 heteroatoms. The molecule has 2 heterocycles. The Bertz CT molecular complexity index is 1200. The van der Waals surface area contributed by atoms with Gasteiger partial charge in [-0.2, -0.15) is 5.10 Å². The van der Waals surface area contributed by atoms with Crippen molar-refractivity contribution in [3.63, 3.8) is 0 Å². The Balaban J connectivity index is 1.45. The van der Waals surface area contributed by atoms with Crippen molar-refractivity contribution in [2.75, 3.05) is 0 Å². The van der Waals surface area contributed by atoms with E-state index in [1.807, 2.05) is 36.4 Å². The Kier molecular flexibility index (Phi) is 5.84. The molecule has 0 aliphatic carbocycles. The topological polar surface area (TPSA) is 86.1 Å². The number of aromatic nitrogens is 3. The second-order valence-electron chi connectivity index (χ2n) is 6.83. The van der Waals surface area contributed by atoms with Crippen LogP contribution in [0.4, 0.5) is 0 Å². The van der Waals surface area contributed by atoms with Crippen molar-refractivity contribution in [1.29, 1.82) is 0 Å². The van der Waals surface area contributed by atoms with E-state index in [4.69, 9.17) is 4.74 Å². The summed E-state index contributed by atoms with van der Waals surface area (Å²) in [7, 11) is 0. The zero-order valence-electron chi connectivity index (χ0n) is 16.9. The molecule has 2 aromatic heterocycles. The summed E-state index contributed by atoms with van der Waals surface area (Å²) in [6, 6.07) is 21.6. The van der Waals surface area contributed by atoms with Crippen molar-refractivity contribution >= 4 is 11.9 Å². The lowest BCUT2D eigenvalue weighted by molar-refractivity contribution is 0.0732. The van der Waals surface area contributed by atoms with Crippen LogP contribution < -0.4 is 10.1 Å². The van der Waals surface area contributed by atoms with E-state index in [1.165, 1.54) is 12.3 Å². The third-order valence-corrected chi connectivity index (χ3v) is 4.70. The predicted octanol–water partition coefficient (Wildman–Crippen LogP) is 3.72. The molecule has 1 amide bonds. The van der Waals surface area contributed by atoms with Gasteiger partial charge >= 0.3 is 5.97 Å². The third kappa shape index (κ3) is 4.67. The summed E-state index contributed by atoms with van der Waals surface area (Å²) in [6.07, 6.45) is 3.10. The molecule has 0 unspecified atom stereocenters. The SMILES string of the molecule is Cc1c(C(=O)Oc2cccc(C(=O)NCc3ccccc3)c2)cnn1-c1ccccn1. The van der Waals surface area contributed by atoms with Gasteiger partial charge in [0.25, 0.3) is 5.91 Å². The molecule has 0 saturated heterocycles. The van der Waals surface area contributed by atoms with Gasteiger partial charge in [-0.3, -0.25) is 4.79 Å². The van der Waals surface area contributed by atoms with Gasteiger partial charge in [0, 0.05) is 18.3 Å². The molecule has 31 heavy (non-hydrogen) atoms. The van der Waals surface area contributed by atoms with Crippen molar-refractivity contribution in [2.24, 2.45) is 0 Å². The fourth-order valence-corrected chi connectivity index (χ4v) is 3.06. The van der Waals surface area contributed by atoms with Gasteiger partial charge in [0.2, 0.25) is 0 Å². The summed E-state index contributed by atoms with van der Waals surface area (Å²) >= 11 is 0. The highest BCUT2D eigenvalue weighted by Crippen LogP contribution is 2.18. The van der Waals surface area contributed by atoms with Gasteiger partial charge < -0.3 is 10.1 Å². The van der Waals surface area contributed by atoms with Crippen molar-refractivity contribution in [2.45, 2.75) is 13.5 Å². The normalized spacial score (nSPS) is 10.5. The van der Waals surface area contributed by atoms with Gasteiger partial charge in [0.15, 0.2) is 5.82 Å². The molecule has 0 aliphatic heterocycles. The van der Waals surface area contributed by atoms with E-state index in [0.717, 1.165) is 5.56 Å². The van der Waals surface area contributed by atoms with Crippen LogP contribution in [0, 0.1) is 6.92 Å². The monoisotopic (exact) mass is 412 g/mol. The molecule has 0 fully saturated rings. The molecule has 2 aromatic carbocycles. The van der Waals surface area contributed by atoms with Crippen molar-refractivity contribution in [1.82, 2.24) is 20.1 Å². The number of carbonyl (C=O) groups excluding carboxylic acids is 2. The number of hydrogen-bond donors (Lipinski definition) is 1. The van der Waals surface area contributed by atoms with Crippen LogP contribution in [-0.4, -0.2) is 26.6 Å². The number of carbonyl (C=O) groups is 2. The largest absolute Gasteiger partial charge is 0.423 e. The average Bonchev–Trinajstić information content (AvgIpc) is 3.20. The van der Waals surface area contributed by atoms with Crippen LogP contribution in [0.1, 0.15) is 32.0 Å². The molecule has 4 rings (SSSR count). The first kappa shape index (κ1) is 20.0. The van der Waals surface area contributed by atoms with Crippen molar-refractivity contribution < 1.29 is 14.3 Å². The van der Waals surface area contributed by atoms with Crippen LogP contribution in [-0.2, 0) is 6.54 Å². The van der Waals surface area contributed by atoms with Crippen LogP contribution >= 0.6 is 0 Å². The Morgan fingerprint density at radius 2 is 1.81 bits per heavy atom. The summed E-state index contributed by atoms with van der Waals surface area (Å²) in [5.41, 5.74) is 2.34. The lowest BCUT2D eigenvalue weighted by Gasteiger charge is -2.08. The van der Waals surface area contributed by atoms with E-state index in [-0.39, 0.29) is 11.7 Å². The van der Waals surface area contributed by atoms with Crippen molar-refractivity contribution in [3.8, 4) is 11.6 Å². The maximum atomic E-state index is 12.7.